The first-order valence-corrected chi connectivity index (χ1v) is 11.3. The zero-order valence-electron chi connectivity index (χ0n) is 18.0. The lowest BCUT2D eigenvalue weighted by Gasteiger charge is -2.12. The maximum absolute atomic E-state index is 12.2. The number of nitrogens with one attached hydrogen (secondary N) is 1. The fraction of sp³-hybridized carbons (Fsp3) is 0.348. The van der Waals surface area contributed by atoms with Gasteiger partial charge in [0.2, 0.25) is 15.9 Å². The highest BCUT2D eigenvalue weighted by Gasteiger charge is 2.16. The number of rotatable bonds is 10. The van der Waals surface area contributed by atoms with E-state index in [1.54, 1.807) is 18.2 Å². The van der Waals surface area contributed by atoms with E-state index in [2.05, 4.69) is 19.2 Å². The molecule has 1 amide bonds. The Bertz CT molecular complexity index is 965. The van der Waals surface area contributed by atoms with Crippen LogP contribution in [0.25, 0.3) is 6.08 Å². The molecule has 162 valence electrons. The summed E-state index contributed by atoms with van der Waals surface area (Å²) in [6.45, 7) is 5.30. The van der Waals surface area contributed by atoms with Crippen LogP contribution in [0.4, 0.5) is 0 Å². The molecule has 2 aromatic carbocycles. The number of carbonyl (C=O) groups is 1. The van der Waals surface area contributed by atoms with Crippen LogP contribution in [0.15, 0.2) is 59.5 Å². The fourth-order valence-electron chi connectivity index (χ4n) is 2.57. The molecule has 6 nitrogen and oxygen atoms in total. The van der Waals surface area contributed by atoms with Crippen molar-refractivity contribution in [3.63, 3.8) is 0 Å². The lowest BCUT2D eigenvalue weighted by atomic mass is 10.1. The largest absolute Gasteiger partial charge is 0.493 e. The molecular weight excluding hydrogens is 400 g/mol. The number of amides is 1. The van der Waals surface area contributed by atoms with Crippen LogP contribution in [-0.2, 0) is 21.4 Å². The van der Waals surface area contributed by atoms with Crippen LogP contribution in [0.2, 0.25) is 0 Å². The molecule has 2 rings (SSSR count). The molecular formula is C23H30N2O4S. The summed E-state index contributed by atoms with van der Waals surface area (Å²) in [6, 6.07) is 14.0. The van der Waals surface area contributed by atoms with Gasteiger partial charge in [0.05, 0.1) is 11.5 Å². The van der Waals surface area contributed by atoms with Crippen LogP contribution < -0.4 is 10.1 Å². The van der Waals surface area contributed by atoms with Gasteiger partial charge in [0.25, 0.3) is 0 Å². The smallest absolute Gasteiger partial charge is 0.244 e. The summed E-state index contributed by atoms with van der Waals surface area (Å²) in [6.07, 6.45) is 4.04. The highest BCUT2D eigenvalue weighted by molar-refractivity contribution is 7.89. The topological polar surface area (TPSA) is 75.7 Å². The minimum absolute atomic E-state index is 0.211. The van der Waals surface area contributed by atoms with Crippen molar-refractivity contribution in [2.75, 3.05) is 20.7 Å². The zero-order chi connectivity index (χ0) is 22.1. The lowest BCUT2D eigenvalue weighted by molar-refractivity contribution is -0.116. The van der Waals surface area contributed by atoms with E-state index in [1.165, 1.54) is 32.3 Å². The Morgan fingerprint density at radius 2 is 1.77 bits per heavy atom. The third-order valence-corrected chi connectivity index (χ3v) is 6.29. The second kappa shape index (κ2) is 10.9. The van der Waals surface area contributed by atoms with Gasteiger partial charge < -0.3 is 10.1 Å². The van der Waals surface area contributed by atoms with Gasteiger partial charge in [-0.1, -0.05) is 44.2 Å². The van der Waals surface area contributed by atoms with Gasteiger partial charge in [0, 0.05) is 32.3 Å². The summed E-state index contributed by atoms with van der Waals surface area (Å²) in [4.78, 5) is 12.4. The molecule has 7 heteroatoms. The van der Waals surface area contributed by atoms with Crippen LogP contribution in [-0.4, -0.2) is 39.3 Å². The monoisotopic (exact) mass is 430 g/mol. The van der Waals surface area contributed by atoms with Crippen LogP contribution in [0.3, 0.4) is 0 Å². The predicted octanol–water partition coefficient (Wildman–Crippen LogP) is 3.69. The van der Waals surface area contributed by atoms with Crippen molar-refractivity contribution in [3.05, 3.63) is 65.7 Å². The first-order valence-electron chi connectivity index (χ1n) is 9.89. The molecule has 0 bridgehead atoms. The highest BCUT2D eigenvalue weighted by atomic mass is 32.2. The third-order valence-electron chi connectivity index (χ3n) is 4.46. The number of benzene rings is 2. The lowest BCUT2D eigenvalue weighted by Crippen LogP contribution is -2.22. The van der Waals surface area contributed by atoms with Gasteiger partial charge in [0.15, 0.2) is 0 Å². The molecule has 0 fully saturated rings. The average Bonchev–Trinajstić information content (AvgIpc) is 2.71. The highest BCUT2D eigenvalue weighted by Crippen LogP contribution is 2.19. The molecule has 0 aromatic heterocycles. The molecule has 1 N–H and O–H groups in total. The number of ether oxygens (including phenoxy) is 1. The normalized spacial score (nSPS) is 11.9. The second-order valence-electron chi connectivity index (χ2n) is 7.55. The van der Waals surface area contributed by atoms with E-state index in [9.17, 15) is 13.2 Å². The summed E-state index contributed by atoms with van der Waals surface area (Å²) in [5.74, 6) is 1.11. The quantitative estimate of drug-likeness (QED) is 0.583. The molecule has 0 saturated carbocycles. The molecule has 2 aromatic rings. The summed E-state index contributed by atoms with van der Waals surface area (Å²) in [5.41, 5.74) is 1.65. The maximum atomic E-state index is 12.2. The van der Waals surface area contributed by atoms with E-state index in [-0.39, 0.29) is 10.8 Å². The fourth-order valence-corrected chi connectivity index (χ4v) is 3.47. The van der Waals surface area contributed by atoms with E-state index < -0.39 is 10.0 Å². The Morgan fingerprint density at radius 3 is 2.40 bits per heavy atom. The van der Waals surface area contributed by atoms with Crippen molar-refractivity contribution in [3.8, 4) is 5.75 Å². The Balaban J connectivity index is 1.93. The summed E-state index contributed by atoms with van der Waals surface area (Å²) in [7, 11) is -0.488. The second-order valence-corrected chi connectivity index (χ2v) is 9.70. The van der Waals surface area contributed by atoms with Crippen molar-refractivity contribution >= 4 is 22.0 Å². The molecule has 30 heavy (non-hydrogen) atoms. The van der Waals surface area contributed by atoms with Crippen molar-refractivity contribution < 1.29 is 17.9 Å². The van der Waals surface area contributed by atoms with Gasteiger partial charge >= 0.3 is 0 Å². The Labute approximate surface area is 179 Å². The summed E-state index contributed by atoms with van der Waals surface area (Å²) < 4.78 is 31.2. The molecule has 0 saturated heterocycles. The Morgan fingerprint density at radius 1 is 1.10 bits per heavy atom. The first kappa shape index (κ1) is 23.6. The molecule has 0 aliphatic heterocycles. The van der Waals surface area contributed by atoms with E-state index >= 15 is 0 Å². The number of para-hydroxylation sites is 1. The number of hydrogen-bond donors (Lipinski definition) is 1. The van der Waals surface area contributed by atoms with Crippen molar-refractivity contribution in [2.45, 2.75) is 31.7 Å². The molecule has 0 aliphatic carbocycles. The van der Waals surface area contributed by atoms with Crippen molar-refractivity contribution in [1.29, 1.82) is 0 Å². The Hall–Kier alpha value is -2.64. The minimum Gasteiger partial charge on any atom is -0.493 e. The molecule has 0 unspecified atom stereocenters. The van der Waals surface area contributed by atoms with E-state index in [1.807, 2.05) is 24.3 Å². The van der Waals surface area contributed by atoms with Gasteiger partial charge in [-0.3, -0.25) is 4.79 Å². The first-order chi connectivity index (χ1) is 14.2. The van der Waals surface area contributed by atoms with Crippen molar-refractivity contribution in [2.24, 2.45) is 5.92 Å². The standard InChI is InChI=1S/C23H30N2O4S/c1-18(2)15-16-29-22-8-6-5-7-20(22)17-24-23(26)14-11-19-9-12-21(13-10-19)30(27,28)25(3)4/h5-14,18H,15-17H2,1-4H3,(H,24,26)/b14-11+. The van der Waals surface area contributed by atoms with Gasteiger partial charge in [-0.25, -0.2) is 12.7 Å². The number of hydrogen-bond acceptors (Lipinski definition) is 4. The number of sulfonamides is 1. The summed E-state index contributed by atoms with van der Waals surface area (Å²) in [5, 5.41) is 2.85. The van der Waals surface area contributed by atoms with Crippen LogP contribution in [0, 0.1) is 5.92 Å². The number of nitrogens with zero attached hydrogens (tertiary/aromatic N) is 1. The van der Waals surface area contributed by atoms with E-state index in [4.69, 9.17) is 4.74 Å². The number of carbonyl (C=O) groups excluding carboxylic acids is 1. The van der Waals surface area contributed by atoms with Crippen molar-refractivity contribution in [1.82, 2.24) is 9.62 Å². The van der Waals surface area contributed by atoms with Crippen LogP contribution in [0.5, 0.6) is 5.75 Å². The molecule has 0 atom stereocenters. The predicted molar refractivity (Wildman–Crippen MR) is 120 cm³/mol. The molecule has 0 heterocycles. The van der Waals surface area contributed by atoms with Gasteiger partial charge in [-0.2, -0.15) is 0 Å². The average molecular weight is 431 g/mol. The third kappa shape index (κ3) is 7.00. The van der Waals surface area contributed by atoms with Gasteiger partial charge in [0.1, 0.15) is 5.75 Å². The van der Waals surface area contributed by atoms with E-state index in [0.717, 1.165) is 27.6 Å². The minimum atomic E-state index is -3.46. The van der Waals surface area contributed by atoms with Gasteiger partial charge in [-0.05, 0) is 42.2 Å². The molecule has 0 spiro atoms. The molecule has 0 aliphatic rings. The van der Waals surface area contributed by atoms with Crippen LogP contribution in [0.1, 0.15) is 31.4 Å². The maximum Gasteiger partial charge on any atom is 0.244 e. The van der Waals surface area contributed by atoms with E-state index in [0.29, 0.717) is 19.1 Å². The Kier molecular flexibility index (Phi) is 8.62. The summed E-state index contributed by atoms with van der Waals surface area (Å²) >= 11 is 0. The van der Waals surface area contributed by atoms with Gasteiger partial charge in [-0.15, -0.1) is 0 Å². The SMILES string of the molecule is CC(C)CCOc1ccccc1CNC(=O)/C=C/c1ccc(S(=O)(=O)N(C)C)cc1. The van der Waals surface area contributed by atoms with Crippen LogP contribution >= 0.6 is 0 Å². The zero-order valence-corrected chi connectivity index (χ0v) is 18.8. The molecule has 0 radical (unpaired) electrons.